The molecule has 1 fully saturated rings. The topological polar surface area (TPSA) is 70.2 Å². The molecule has 0 saturated carbocycles. The number of anilines is 2. The fourth-order valence-corrected chi connectivity index (χ4v) is 2.18. The SMILES string of the molecule is CCNc1ncc(F)c(N2CCC(NC(C)=O)C2)n1. The molecule has 7 heteroatoms. The van der Waals surface area contributed by atoms with E-state index < -0.39 is 5.82 Å². The maximum absolute atomic E-state index is 13.8. The first-order valence-electron chi connectivity index (χ1n) is 6.38. The van der Waals surface area contributed by atoms with E-state index in [1.54, 1.807) is 0 Å². The molecule has 1 aliphatic rings. The second kappa shape index (κ2) is 5.81. The van der Waals surface area contributed by atoms with Crippen LogP contribution in [0.3, 0.4) is 0 Å². The molecule has 1 amide bonds. The van der Waals surface area contributed by atoms with E-state index in [1.807, 2.05) is 11.8 Å². The molecule has 1 aromatic heterocycles. The van der Waals surface area contributed by atoms with Crippen molar-refractivity contribution in [2.45, 2.75) is 26.3 Å². The smallest absolute Gasteiger partial charge is 0.224 e. The van der Waals surface area contributed by atoms with Gasteiger partial charge in [-0.05, 0) is 13.3 Å². The molecule has 0 aliphatic carbocycles. The molecule has 104 valence electrons. The van der Waals surface area contributed by atoms with Crippen molar-refractivity contribution < 1.29 is 9.18 Å². The molecule has 0 aromatic carbocycles. The quantitative estimate of drug-likeness (QED) is 0.843. The van der Waals surface area contributed by atoms with Crippen molar-refractivity contribution in [3.63, 3.8) is 0 Å². The molecule has 0 spiro atoms. The van der Waals surface area contributed by atoms with Crippen LogP contribution in [0.4, 0.5) is 16.2 Å². The van der Waals surface area contributed by atoms with Crippen LogP contribution in [0.1, 0.15) is 20.3 Å². The van der Waals surface area contributed by atoms with Crippen LogP contribution in [0.5, 0.6) is 0 Å². The number of hydrogen-bond acceptors (Lipinski definition) is 5. The van der Waals surface area contributed by atoms with Gasteiger partial charge in [0, 0.05) is 32.6 Å². The Bertz CT molecular complexity index is 467. The third kappa shape index (κ3) is 3.30. The van der Waals surface area contributed by atoms with Gasteiger partial charge in [0.25, 0.3) is 0 Å². The van der Waals surface area contributed by atoms with Gasteiger partial charge in [-0.15, -0.1) is 0 Å². The van der Waals surface area contributed by atoms with Crippen LogP contribution in [0, 0.1) is 5.82 Å². The maximum Gasteiger partial charge on any atom is 0.224 e. The Hall–Kier alpha value is -1.92. The summed E-state index contributed by atoms with van der Waals surface area (Å²) >= 11 is 0. The Morgan fingerprint density at radius 1 is 1.63 bits per heavy atom. The Balaban J connectivity index is 2.09. The van der Waals surface area contributed by atoms with E-state index in [-0.39, 0.29) is 11.9 Å². The van der Waals surface area contributed by atoms with Gasteiger partial charge in [-0.2, -0.15) is 4.98 Å². The van der Waals surface area contributed by atoms with E-state index in [9.17, 15) is 9.18 Å². The third-order valence-electron chi connectivity index (χ3n) is 2.96. The first kappa shape index (κ1) is 13.5. The van der Waals surface area contributed by atoms with Gasteiger partial charge in [0.05, 0.1) is 6.20 Å². The highest BCUT2D eigenvalue weighted by molar-refractivity contribution is 5.73. The number of amides is 1. The highest BCUT2D eigenvalue weighted by atomic mass is 19.1. The lowest BCUT2D eigenvalue weighted by Crippen LogP contribution is -2.36. The van der Waals surface area contributed by atoms with Crippen molar-refractivity contribution in [2.24, 2.45) is 0 Å². The summed E-state index contributed by atoms with van der Waals surface area (Å²) in [4.78, 5) is 20.9. The minimum Gasteiger partial charge on any atom is -0.354 e. The monoisotopic (exact) mass is 267 g/mol. The van der Waals surface area contributed by atoms with Crippen molar-refractivity contribution >= 4 is 17.7 Å². The Kier molecular flexibility index (Phi) is 4.13. The minimum atomic E-state index is -0.440. The number of carbonyl (C=O) groups excluding carboxylic acids is 1. The first-order valence-corrected chi connectivity index (χ1v) is 6.38. The van der Waals surface area contributed by atoms with Gasteiger partial charge in [-0.25, -0.2) is 9.37 Å². The molecule has 2 heterocycles. The highest BCUT2D eigenvalue weighted by Crippen LogP contribution is 2.22. The third-order valence-corrected chi connectivity index (χ3v) is 2.96. The number of aromatic nitrogens is 2. The zero-order valence-corrected chi connectivity index (χ0v) is 11.1. The Morgan fingerprint density at radius 2 is 2.42 bits per heavy atom. The molecule has 1 aliphatic heterocycles. The minimum absolute atomic E-state index is 0.0504. The van der Waals surface area contributed by atoms with E-state index >= 15 is 0 Å². The number of carbonyl (C=O) groups is 1. The molecular formula is C12H18FN5O. The van der Waals surface area contributed by atoms with E-state index in [0.29, 0.717) is 31.4 Å². The predicted octanol–water partition coefficient (Wildman–Crippen LogP) is 0.762. The summed E-state index contributed by atoms with van der Waals surface area (Å²) in [5.74, 6) is 0.203. The van der Waals surface area contributed by atoms with E-state index in [0.717, 1.165) is 6.42 Å². The second-order valence-corrected chi connectivity index (χ2v) is 4.53. The zero-order chi connectivity index (χ0) is 13.8. The predicted molar refractivity (Wildman–Crippen MR) is 70.6 cm³/mol. The summed E-state index contributed by atoms with van der Waals surface area (Å²) in [6, 6.07) is 0.0504. The fraction of sp³-hybridized carbons (Fsp3) is 0.583. The van der Waals surface area contributed by atoms with Gasteiger partial charge in [-0.3, -0.25) is 4.79 Å². The van der Waals surface area contributed by atoms with Crippen molar-refractivity contribution in [2.75, 3.05) is 29.9 Å². The molecule has 1 atom stereocenters. The molecule has 2 N–H and O–H groups in total. The normalized spacial score (nSPS) is 18.5. The van der Waals surface area contributed by atoms with Crippen LogP contribution in [0.25, 0.3) is 0 Å². The van der Waals surface area contributed by atoms with Crippen LogP contribution in [-0.2, 0) is 4.79 Å². The van der Waals surface area contributed by atoms with Crippen molar-refractivity contribution in [1.29, 1.82) is 0 Å². The van der Waals surface area contributed by atoms with Gasteiger partial charge in [0.2, 0.25) is 11.9 Å². The lowest BCUT2D eigenvalue weighted by molar-refractivity contribution is -0.119. The van der Waals surface area contributed by atoms with Gasteiger partial charge in [0.1, 0.15) is 0 Å². The average Bonchev–Trinajstić information content (AvgIpc) is 2.79. The summed E-state index contributed by atoms with van der Waals surface area (Å²) in [6.45, 7) is 5.33. The summed E-state index contributed by atoms with van der Waals surface area (Å²) in [5, 5.41) is 5.80. The lowest BCUT2D eigenvalue weighted by atomic mass is 10.3. The Morgan fingerprint density at radius 3 is 3.11 bits per heavy atom. The molecule has 2 rings (SSSR count). The lowest BCUT2D eigenvalue weighted by Gasteiger charge is -2.18. The van der Waals surface area contributed by atoms with Gasteiger partial charge < -0.3 is 15.5 Å². The van der Waals surface area contributed by atoms with Crippen LogP contribution in [0.2, 0.25) is 0 Å². The summed E-state index contributed by atoms with van der Waals surface area (Å²) in [6.07, 6.45) is 1.96. The van der Waals surface area contributed by atoms with Crippen LogP contribution < -0.4 is 15.5 Å². The molecule has 1 saturated heterocycles. The molecule has 6 nitrogen and oxygen atoms in total. The molecular weight excluding hydrogens is 249 g/mol. The molecule has 1 unspecified atom stereocenters. The van der Waals surface area contributed by atoms with Crippen LogP contribution >= 0.6 is 0 Å². The molecule has 1 aromatic rings. The van der Waals surface area contributed by atoms with Crippen LogP contribution in [-0.4, -0.2) is 41.6 Å². The standard InChI is InChI=1S/C12H18FN5O/c1-3-14-12-15-6-10(13)11(17-12)18-5-4-9(7-18)16-8(2)19/h6,9H,3-5,7H2,1-2H3,(H,16,19)(H,14,15,17). The van der Waals surface area contributed by atoms with E-state index in [2.05, 4.69) is 20.6 Å². The fourth-order valence-electron chi connectivity index (χ4n) is 2.18. The first-order chi connectivity index (χ1) is 9.10. The number of halogens is 1. The largest absolute Gasteiger partial charge is 0.354 e. The van der Waals surface area contributed by atoms with Gasteiger partial charge >= 0.3 is 0 Å². The number of nitrogens with zero attached hydrogens (tertiary/aromatic N) is 3. The highest BCUT2D eigenvalue weighted by Gasteiger charge is 2.26. The molecule has 19 heavy (non-hydrogen) atoms. The van der Waals surface area contributed by atoms with Gasteiger partial charge in [0.15, 0.2) is 11.6 Å². The van der Waals surface area contributed by atoms with Gasteiger partial charge in [-0.1, -0.05) is 0 Å². The maximum atomic E-state index is 13.8. The second-order valence-electron chi connectivity index (χ2n) is 4.53. The van der Waals surface area contributed by atoms with E-state index in [1.165, 1.54) is 13.1 Å². The van der Waals surface area contributed by atoms with E-state index in [4.69, 9.17) is 0 Å². The van der Waals surface area contributed by atoms with Crippen molar-refractivity contribution in [1.82, 2.24) is 15.3 Å². The molecule has 0 radical (unpaired) electrons. The summed E-state index contributed by atoms with van der Waals surface area (Å²) in [5.41, 5.74) is 0. The average molecular weight is 267 g/mol. The van der Waals surface area contributed by atoms with Crippen molar-refractivity contribution in [3.8, 4) is 0 Å². The zero-order valence-electron chi connectivity index (χ0n) is 11.1. The number of nitrogens with one attached hydrogen (secondary N) is 2. The van der Waals surface area contributed by atoms with Crippen LogP contribution in [0.15, 0.2) is 6.20 Å². The number of hydrogen-bond donors (Lipinski definition) is 2. The number of rotatable bonds is 4. The molecule has 0 bridgehead atoms. The summed E-state index contributed by atoms with van der Waals surface area (Å²) in [7, 11) is 0. The van der Waals surface area contributed by atoms with Crippen molar-refractivity contribution in [3.05, 3.63) is 12.0 Å². The Labute approximate surface area is 111 Å². The summed E-state index contributed by atoms with van der Waals surface area (Å²) < 4.78 is 13.8.